The van der Waals surface area contributed by atoms with E-state index in [0.29, 0.717) is 22.7 Å². The second kappa shape index (κ2) is 12.2. The molecule has 0 saturated carbocycles. The minimum atomic E-state index is -0.522. The van der Waals surface area contributed by atoms with E-state index in [1.807, 2.05) is 65.0 Å². The Morgan fingerprint density at radius 1 is 0.825 bits per heavy atom. The number of anilines is 2. The number of carbonyl (C=O) groups is 4. The number of aryl methyl sites for hydroxylation is 5. The van der Waals surface area contributed by atoms with E-state index in [0.717, 1.165) is 44.5 Å². The van der Waals surface area contributed by atoms with Crippen molar-refractivity contribution in [2.45, 2.75) is 34.6 Å². The number of nitrogens with zero attached hydrogens (tertiary/aromatic N) is 1. The van der Waals surface area contributed by atoms with Gasteiger partial charge in [0.25, 0.3) is 17.1 Å². The molecule has 9 heteroatoms. The molecule has 4 amide bonds. The zero-order chi connectivity index (χ0) is 29.0. The topological polar surface area (TPSA) is 105 Å². The first-order chi connectivity index (χ1) is 19.0. The van der Waals surface area contributed by atoms with Gasteiger partial charge in [0.15, 0.2) is 6.61 Å². The van der Waals surface area contributed by atoms with Gasteiger partial charge in [-0.15, -0.1) is 0 Å². The van der Waals surface area contributed by atoms with Crippen LogP contribution in [-0.4, -0.2) is 41.0 Å². The first kappa shape index (κ1) is 28.6. The maximum atomic E-state index is 12.9. The molecule has 3 aromatic rings. The van der Waals surface area contributed by atoms with Crippen LogP contribution >= 0.6 is 11.8 Å². The monoisotopic (exact) mass is 557 g/mol. The summed E-state index contributed by atoms with van der Waals surface area (Å²) in [6.07, 6.45) is 1.59. The molecular formula is C31H31N3O5S. The van der Waals surface area contributed by atoms with Crippen molar-refractivity contribution in [3.05, 3.63) is 92.9 Å². The van der Waals surface area contributed by atoms with Gasteiger partial charge in [-0.2, -0.15) is 0 Å². The molecule has 0 aliphatic carbocycles. The second-order valence-electron chi connectivity index (χ2n) is 9.79. The number of benzene rings is 3. The highest BCUT2D eigenvalue weighted by atomic mass is 32.2. The molecule has 1 aliphatic heterocycles. The first-order valence-corrected chi connectivity index (χ1v) is 13.5. The van der Waals surface area contributed by atoms with E-state index >= 15 is 0 Å². The van der Waals surface area contributed by atoms with Gasteiger partial charge in [0.1, 0.15) is 12.3 Å². The van der Waals surface area contributed by atoms with Gasteiger partial charge in [-0.05, 0) is 105 Å². The highest BCUT2D eigenvalue weighted by molar-refractivity contribution is 8.18. The lowest BCUT2D eigenvalue weighted by Gasteiger charge is -2.15. The van der Waals surface area contributed by atoms with Crippen molar-refractivity contribution in [2.75, 3.05) is 23.8 Å². The molecule has 1 heterocycles. The Morgan fingerprint density at radius 3 is 2.15 bits per heavy atom. The molecule has 1 aliphatic rings. The highest BCUT2D eigenvalue weighted by Gasteiger charge is 2.36. The molecule has 4 rings (SSSR count). The number of ether oxygens (including phenoxy) is 1. The summed E-state index contributed by atoms with van der Waals surface area (Å²) in [5, 5.41) is 5.13. The maximum absolute atomic E-state index is 12.9. The quantitative estimate of drug-likeness (QED) is 0.333. The van der Waals surface area contributed by atoms with Gasteiger partial charge in [-0.3, -0.25) is 24.1 Å². The fourth-order valence-electron chi connectivity index (χ4n) is 4.31. The van der Waals surface area contributed by atoms with Crippen molar-refractivity contribution in [2.24, 2.45) is 0 Å². The van der Waals surface area contributed by atoms with Gasteiger partial charge in [0, 0.05) is 11.4 Å². The van der Waals surface area contributed by atoms with Crippen LogP contribution in [0.4, 0.5) is 16.2 Å². The van der Waals surface area contributed by atoms with Crippen molar-refractivity contribution in [3.8, 4) is 5.75 Å². The molecule has 0 bridgehead atoms. The number of thioether (sulfide) groups is 1. The van der Waals surface area contributed by atoms with E-state index in [2.05, 4.69) is 10.6 Å². The molecule has 0 atom stereocenters. The zero-order valence-electron chi connectivity index (χ0n) is 23.1. The van der Waals surface area contributed by atoms with Crippen LogP contribution in [0.25, 0.3) is 6.08 Å². The van der Waals surface area contributed by atoms with Gasteiger partial charge in [0.2, 0.25) is 5.91 Å². The number of imide groups is 1. The van der Waals surface area contributed by atoms with Gasteiger partial charge < -0.3 is 15.4 Å². The van der Waals surface area contributed by atoms with E-state index in [1.54, 1.807) is 30.3 Å². The molecule has 0 spiro atoms. The Hall–Kier alpha value is -4.37. The van der Waals surface area contributed by atoms with E-state index in [4.69, 9.17) is 4.74 Å². The average Bonchev–Trinajstić information content (AvgIpc) is 3.15. The van der Waals surface area contributed by atoms with Gasteiger partial charge in [-0.1, -0.05) is 35.9 Å². The number of amides is 4. The number of hydrogen-bond donors (Lipinski definition) is 2. The van der Waals surface area contributed by atoms with Gasteiger partial charge in [-0.25, -0.2) is 0 Å². The third-order valence-electron chi connectivity index (χ3n) is 6.46. The third-order valence-corrected chi connectivity index (χ3v) is 7.36. The molecule has 8 nitrogen and oxygen atoms in total. The molecule has 2 N–H and O–H groups in total. The Kier molecular flexibility index (Phi) is 8.74. The molecule has 1 saturated heterocycles. The van der Waals surface area contributed by atoms with E-state index in [9.17, 15) is 19.2 Å². The van der Waals surface area contributed by atoms with Crippen LogP contribution in [-0.2, 0) is 14.4 Å². The summed E-state index contributed by atoms with van der Waals surface area (Å²) in [7, 11) is 0. The van der Waals surface area contributed by atoms with Crippen LogP contribution in [0.2, 0.25) is 0 Å². The summed E-state index contributed by atoms with van der Waals surface area (Å²) < 4.78 is 5.58. The summed E-state index contributed by atoms with van der Waals surface area (Å²) in [6, 6.07) is 16.4. The molecule has 0 radical (unpaired) electrons. The van der Waals surface area contributed by atoms with Crippen molar-refractivity contribution in [1.82, 2.24) is 4.90 Å². The zero-order valence-corrected chi connectivity index (χ0v) is 23.9. The summed E-state index contributed by atoms with van der Waals surface area (Å²) in [4.78, 5) is 51.5. The number of rotatable bonds is 8. The SMILES string of the molecule is Cc1cc(C)c(NC(=O)CN2C(=O)S/C(=C\c3ccc(OCC(=O)Nc4ccc(C)c(C)c4)cc3)C2=O)c(C)c1. The van der Waals surface area contributed by atoms with Crippen molar-refractivity contribution in [1.29, 1.82) is 0 Å². The summed E-state index contributed by atoms with van der Waals surface area (Å²) in [5.41, 5.74) is 7.20. The average molecular weight is 558 g/mol. The van der Waals surface area contributed by atoms with Crippen LogP contribution in [0.1, 0.15) is 33.4 Å². The number of carbonyl (C=O) groups excluding carboxylic acids is 4. The Bertz CT molecular complexity index is 1510. The third kappa shape index (κ3) is 6.98. The van der Waals surface area contributed by atoms with Crippen LogP contribution < -0.4 is 15.4 Å². The first-order valence-electron chi connectivity index (χ1n) is 12.7. The van der Waals surface area contributed by atoms with Crippen molar-refractivity contribution in [3.63, 3.8) is 0 Å². The van der Waals surface area contributed by atoms with Crippen LogP contribution in [0.3, 0.4) is 0 Å². The lowest BCUT2D eigenvalue weighted by atomic mass is 10.1. The smallest absolute Gasteiger partial charge is 0.294 e. The lowest BCUT2D eigenvalue weighted by Crippen LogP contribution is -2.36. The van der Waals surface area contributed by atoms with Crippen LogP contribution in [0.5, 0.6) is 5.75 Å². The molecule has 0 unspecified atom stereocenters. The van der Waals surface area contributed by atoms with Crippen molar-refractivity contribution >= 4 is 52.2 Å². The van der Waals surface area contributed by atoms with Crippen LogP contribution in [0, 0.1) is 34.6 Å². The van der Waals surface area contributed by atoms with E-state index < -0.39 is 17.1 Å². The Labute approximate surface area is 237 Å². The largest absolute Gasteiger partial charge is 0.484 e. The Balaban J connectivity index is 1.32. The molecule has 206 valence electrons. The van der Waals surface area contributed by atoms with Gasteiger partial charge >= 0.3 is 0 Å². The Morgan fingerprint density at radius 2 is 1.50 bits per heavy atom. The lowest BCUT2D eigenvalue weighted by molar-refractivity contribution is -0.127. The standard InChI is InChI=1S/C31H31N3O5S/c1-18-12-21(4)29(22(5)13-18)33-27(35)16-34-30(37)26(40-31(34)38)15-23-7-10-25(11-8-23)39-17-28(36)32-24-9-6-19(2)20(3)14-24/h6-15H,16-17H2,1-5H3,(H,32,36)(H,33,35)/b26-15-. The summed E-state index contributed by atoms with van der Waals surface area (Å²) in [5.74, 6) is -0.760. The molecule has 40 heavy (non-hydrogen) atoms. The fraction of sp³-hybridized carbons (Fsp3) is 0.226. The minimum absolute atomic E-state index is 0.158. The van der Waals surface area contributed by atoms with Gasteiger partial charge in [0.05, 0.1) is 4.91 Å². The fourth-order valence-corrected chi connectivity index (χ4v) is 5.15. The predicted molar refractivity (Wildman–Crippen MR) is 158 cm³/mol. The normalized spacial score (nSPS) is 14.0. The van der Waals surface area contributed by atoms with Crippen molar-refractivity contribution < 1.29 is 23.9 Å². The molecule has 3 aromatic carbocycles. The number of hydrogen-bond acceptors (Lipinski definition) is 6. The van der Waals surface area contributed by atoms with E-state index in [1.165, 1.54) is 0 Å². The molecule has 0 aromatic heterocycles. The summed E-state index contributed by atoms with van der Waals surface area (Å²) >= 11 is 0.789. The predicted octanol–water partition coefficient (Wildman–Crippen LogP) is 5.92. The number of nitrogens with one attached hydrogen (secondary N) is 2. The minimum Gasteiger partial charge on any atom is -0.484 e. The van der Waals surface area contributed by atoms with E-state index in [-0.39, 0.29) is 24.0 Å². The summed E-state index contributed by atoms with van der Waals surface area (Å²) in [6.45, 7) is 9.23. The molecular weight excluding hydrogens is 526 g/mol. The molecule has 1 fully saturated rings. The second-order valence-corrected chi connectivity index (χ2v) is 10.8. The maximum Gasteiger partial charge on any atom is 0.294 e. The highest BCUT2D eigenvalue weighted by Crippen LogP contribution is 2.32. The van der Waals surface area contributed by atoms with Crippen LogP contribution in [0.15, 0.2) is 59.5 Å².